The van der Waals surface area contributed by atoms with E-state index in [1.54, 1.807) is 16.4 Å². The summed E-state index contributed by atoms with van der Waals surface area (Å²) in [5.41, 5.74) is 5.14. The third-order valence-corrected chi connectivity index (χ3v) is 6.01. The lowest BCUT2D eigenvalue weighted by molar-refractivity contribution is 0.793. The normalized spacial score (nSPS) is 11.1. The zero-order chi connectivity index (χ0) is 19.7. The summed E-state index contributed by atoms with van der Waals surface area (Å²) < 4.78 is 3.80. The molecule has 0 aliphatic heterocycles. The van der Waals surface area contributed by atoms with Gasteiger partial charge < -0.3 is 4.57 Å². The first-order valence-corrected chi connectivity index (χ1v) is 10.3. The summed E-state index contributed by atoms with van der Waals surface area (Å²) in [6, 6.07) is 18.2. The summed E-state index contributed by atoms with van der Waals surface area (Å²) in [5.74, 6) is 1.53. The summed E-state index contributed by atoms with van der Waals surface area (Å²) in [5, 5.41) is 14.8. The monoisotopic (exact) mass is 409 g/mol. The Balaban J connectivity index is 1.57. The largest absolute Gasteiger partial charge is 0.305 e. The molecule has 4 rings (SSSR count). The minimum atomic E-state index is 0.636. The Kier molecular flexibility index (Phi) is 5.24. The number of halogens is 1. The van der Waals surface area contributed by atoms with E-state index in [9.17, 15) is 0 Å². The molecule has 28 heavy (non-hydrogen) atoms. The molecule has 7 heteroatoms. The van der Waals surface area contributed by atoms with Crippen LogP contribution in [0.3, 0.4) is 0 Å². The van der Waals surface area contributed by atoms with Gasteiger partial charge in [0.1, 0.15) is 5.15 Å². The highest BCUT2D eigenvalue weighted by atomic mass is 35.5. The van der Waals surface area contributed by atoms with E-state index in [2.05, 4.69) is 40.4 Å². The molecule has 0 atom stereocenters. The van der Waals surface area contributed by atoms with Crippen LogP contribution >= 0.6 is 23.4 Å². The van der Waals surface area contributed by atoms with E-state index in [0.29, 0.717) is 10.9 Å². The van der Waals surface area contributed by atoms with Gasteiger partial charge in [0.25, 0.3) is 0 Å². The van der Waals surface area contributed by atoms with E-state index >= 15 is 0 Å². The van der Waals surface area contributed by atoms with E-state index in [-0.39, 0.29) is 0 Å². The average Bonchev–Trinajstić information content (AvgIpc) is 3.20. The third kappa shape index (κ3) is 3.57. The van der Waals surface area contributed by atoms with Crippen molar-refractivity contribution in [2.45, 2.75) is 24.8 Å². The second-order valence-electron chi connectivity index (χ2n) is 6.63. The van der Waals surface area contributed by atoms with Crippen LogP contribution < -0.4 is 0 Å². The van der Waals surface area contributed by atoms with Crippen LogP contribution in [0.15, 0.2) is 59.8 Å². The first kappa shape index (κ1) is 18.8. The predicted octanol–water partition coefficient (Wildman–Crippen LogP) is 5.23. The first-order chi connectivity index (χ1) is 13.5. The molecule has 0 fully saturated rings. The lowest BCUT2D eigenvalue weighted by Gasteiger charge is -2.05. The smallest absolute Gasteiger partial charge is 0.191 e. The van der Waals surface area contributed by atoms with E-state index in [1.807, 2.05) is 54.9 Å². The molecule has 2 aromatic carbocycles. The summed E-state index contributed by atoms with van der Waals surface area (Å²) in [6.07, 6.45) is 0. The van der Waals surface area contributed by atoms with Gasteiger partial charge in [-0.15, -0.1) is 10.2 Å². The minimum absolute atomic E-state index is 0.636. The molecule has 2 aromatic heterocycles. The van der Waals surface area contributed by atoms with Crippen LogP contribution in [-0.4, -0.2) is 24.5 Å². The van der Waals surface area contributed by atoms with Gasteiger partial charge in [0.05, 0.1) is 11.4 Å². The standard InChI is InChI=1S/C21H20ClN5S/c1-14-8-7-9-16(12-14)20-23-24-21(26(20)3)28-13-18-15(2)25-27(19(18)22)17-10-5-4-6-11-17/h4-12H,13H2,1-3H3. The van der Waals surface area contributed by atoms with Crippen molar-refractivity contribution in [2.24, 2.45) is 7.05 Å². The molecule has 142 valence electrons. The lowest BCUT2D eigenvalue weighted by Crippen LogP contribution is -1.96. The zero-order valence-electron chi connectivity index (χ0n) is 15.9. The maximum absolute atomic E-state index is 6.63. The van der Waals surface area contributed by atoms with Gasteiger partial charge in [-0.05, 0) is 32.0 Å². The Morgan fingerprint density at radius 2 is 1.79 bits per heavy atom. The van der Waals surface area contributed by atoms with Gasteiger partial charge in [-0.2, -0.15) is 5.10 Å². The molecule has 0 unspecified atom stereocenters. The highest BCUT2D eigenvalue weighted by Gasteiger charge is 2.17. The van der Waals surface area contributed by atoms with Crippen LogP contribution in [0.4, 0.5) is 0 Å². The van der Waals surface area contributed by atoms with Crippen molar-refractivity contribution in [2.75, 3.05) is 0 Å². The second kappa shape index (κ2) is 7.81. The average molecular weight is 410 g/mol. The molecule has 0 spiro atoms. The van der Waals surface area contributed by atoms with Crippen molar-refractivity contribution in [1.82, 2.24) is 24.5 Å². The van der Waals surface area contributed by atoms with E-state index < -0.39 is 0 Å². The molecule has 0 N–H and O–H groups in total. The van der Waals surface area contributed by atoms with Gasteiger partial charge in [0.2, 0.25) is 0 Å². The van der Waals surface area contributed by atoms with Gasteiger partial charge in [-0.1, -0.05) is 65.3 Å². The van der Waals surface area contributed by atoms with E-state index in [4.69, 9.17) is 11.6 Å². The fourth-order valence-electron chi connectivity index (χ4n) is 3.05. The summed E-state index contributed by atoms with van der Waals surface area (Å²) in [6.45, 7) is 4.06. The van der Waals surface area contributed by atoms with Gasteiger partial charge in [0, 0.05) is 23.9 Å². The topological polar surface area (TPSA) is 48.5 Å². The number of para-hydroxylation sites is 1. The van der Waals surface area contributed by atoms with Crippen LogP contribution in [0.5, 0.6) is 0 Å². The van der Waals surface area contributed by atoms with Crippen molar-refractivity contribution in [3.63, 3.8) is 0 Å². The third-order valence-electron chi connectivity index (χ3n) is 4.58. The number of benzene rings is 2. The second-order valence-corrected chi connectivity index (χ2v) is 7.93. The molecule has 0 saturated carbocycles. The molecule has 4 aromatic rings. The number of aryl methyl sites for hydroxylation is 2. The van der Waals surface area contributed by atoms with E-state index in [1.165, 1.54) is 5.56 Å². The lowest BCUT2D eigenvalue weighted by atomic mass is 10.1. The van der Waals surface area contributed by atoms with Gasteiger partial charge in [0.15, 0.2) is 11.0 Å². The quantitative estimate of drug-likeness (QED) is 0.423. The Bertz CT molecular complexity index is 1120. The van der Waals surface area contributed by atoms with E-state index in [0.717, 1.165) is 33.5 Å². The number of rotatable bonds is 5. The van der Waals surface area contributed by atoms with Crippen LogP contribution in [0.25, 0.3) is 17.1 Å². The van der Waals surface area contributed by atoms with Crippen LogP contribution in [0, 0.1) is 13.8 Å². The minimum Gasteiger partial charge on any atom is -0.305 e. The number of aromatic nitrogens is 5. The molecule has 0 aliphatic carbocycles. The summed E-state index contributed by atoms with van der Waals surface area (Å²) in [7, 11) is 1.99. The maximum atomic E-state index is 6.63. The SMILES string of the molecule is Cc1cccc(-c2nnc(SCc3c(C)nn(-c4ccccc4)c3Cl)n2C)c1. The Morgan fingerprint density at radius 1 is 1.00 bits per heavy atom. The number of hydrogen-bond acceptors (Lipinski definition) is 4. The van der Waals surface area contributed by atoms with Crippen LogP contribution in [-0.2, 0) is 12.8 Å². The number of thioether (sulfide) groups is 1. The molecule has 0 saturated heterocycles. The molecule has 0 radical (unpaired) electrons. The maximum Gasteiger partial charge on any atom is 0.191 e. The molecule has 0 bridgehead atoms. The summed E-state index contributed by atoms with van der Waals surface area (Å²) >= 11 is 8.24. The Hall–Kier alpha value is -2.57. The fourth-order valence-corrected chi connectivity index (χ4v) is 4.46. The molecule has 2 heterocycles. The Morgan fingerprint density at radius 3 is 2.54 bits per heavy atom. The van der Waals surface area contributed by atoms with Crippen molar-refractivity contribution < 1.29 is 0 Å². The highest BCUT2D eigenvalue weighted by molar-refractivity contribution is 7.98. The van der Waals surface area contributed by atoms with Crippen molar-refractivity contribution >= 4 is 23.4 Å². The van der Waals surface area contributed by atoms with Gasteiger partial charge in [-0.3, -0.25) is 0 Å². The van der Waals surface area contributed by atoms with Crippen molar-refractivity contribution in [3.05, 3.63) is 76.6 Å². The molecular formula is C21H20ClN5S. The highest BCUT2D eigenvalue weighted by Crippen LogP contribution is 2.31. The van der Waals surface area contributed by atoms with Crippen molar-refractivity contribution in [3.8, 4) is 17.1 Å². The Labute approximate surface area is 173 Å². The fraction of sp³-hybridized carbons (Fsp3) is 0.190. The first-order valence-electron chi connectivity index (χ1n) is 8.93. The van der Waals surface area contributed by atoms with Crippen LogP contribution in [0.1, 0.15) is 16.8 Å². The van der Waals surface area contributed by atoms with Gasteiger partial charge >= 0.3 is 0 Å². The summed E-state index contributed by atoms with van der Waals surface area (Å²) in [4.78, 5) is 0. The number of hydrogen-bond donors (Lipinski definition) is 0. The predicted molar refractivity (Wildman–Crippen MR) is 114 cm³/mol. The zero-order valence-corrected chi connectivity index (χ0v) is 17.5. The molecular weight excluding hydrogens is 390 g/mol. The molecule has 0 aliphatic rings. The van der Waals surface area contributed by atoms with Crippen molar-refractivity contribution in [1.29, 1.82) is 0 Å². The number of nitrogens with zero attached hydrogens (tertiary/aromatic N) is 5. The van der Waals surface area contributed by atoms with Gasteiger partial charge in [-0.25, -0.2) is 4.68 Å². The molecule has 5 nitrogen and oxygen atoms in total. The molecule has 0 amide bonds. The van der Waals surface area contributed by atoms with Crippen LogP contribution in [0.2, 0.25) is 5.15 Å².